The first-order valence-corrected chi connectivity index (χ1v) is 8.40. The van der Waals surface area contributed by atoms with Gasteiger partial charge in [0.2, 0.25) is 5.88 Å². The number of carbonyl (C=O) groups excluding carboxylic acids is 2. The van der Waals surface area contributed by atoms with E-state index >= 15 is 0 Å². The van der Waals surface area contributed by atoms with Crippen LogP contribution in [0.5, 0.6) is 0 Å². The van der Waals surface area contributed by atoms with Crippen molar-refractivity contribution in [3.63, 3.8) is 0 Å². The number of nitriles is 1. The number of hydrogen-bond acceptors (Lipinski definition) is 4. The van der Waals surface area contributed by atoms with Crippen LogP contribution in [0.25, 0.3) is 10.8 Å². The summed E-state index contributed by atoms with van der Waals surface area (Å²) in [4.78, 5) is 24.6. The van der Waals surface area contributed by atoms with Crippen molar-refractivity contribution < 1.29 is 14.0 Å². The van der Waals surface area contributed by atoms with Crippen LogP contribution in [0.2, 0.25) is 0 Å². The standard InChI is InChI=1S/C21H16N2O3/c1-11(24)18-12(2)26-21(17(18)10-22)23-20(25)16-9-8-14-7-6-13-4-3-5-15(16)19(13)14/h3-5,8-9H,6-7H2,1-2H3,(H,23,25). The second-order valence-electron chi connectivity index (χ2n) is 6.47. The molecule has 0 unspecified atom stereocenters. The van der Waals surface area contributed by atoms with Crippen molar-refractivity contribution in [2.24, 2.45) is 0 Å². The van der Waals surface area contributed by atoms with Gasteiger partial charge >= 0.3 is 0 Å². The topological polar surface area (TPSA) is 83.1 Å². The van der Waals surface area contributed by atoms with Crippen LogP contribution < -0.4 is 5.32 Å². The zero-order valence-corrected chi connectivity index (χ0v) is 14.5. The van der Waals surface area contributed by atoms with Gasteiger partial charge in [0.25, 0.3) is 5.91 Å². The van der Waals surface area contributed by atoms with Crippen molar-refractivity contribution in [2.45, 2.75) is 26.7 Å². The molecule has 5 nitrogen and oxygen atoms in total. The van der Waals surface area contributed by atoms with E-state index < -0.39 is 0 Å². The van der Waals surface area contributed by atoms with E-state index in [2.05, 4.69) is 11.4 Å². The minimum absolute atomic E-state index is 0.0171. The number of amides is 1. The molecule has 4 rings (SSSR count). The van der Waals surface area contributed by atoms with Gasteiger partial charge in [-0.2, -0.15) is 5.26 Å². The van der Waals surface area contributed by atoms with Crippen LogP contribution in [0.15, 0.2) is 34.7 Å². The van der Waals surface area contributed by atoms with Gasteiger partial charge < -0.3 is 4.42 Å². The molecule has 1 N–H and O–H groups in total. The molecular weight excluding hydrogens is 328 g/mol. The monoisotopic (exact) mass is 344 g/mol. The van der Waals surface area contributed by atoms with E-state index in [1.165, 1.54) is 18.1 Å². The largest absolute Gasteiger partial charge is 0.443 e. The molecule has 1 aromatic heterocycles. The summed E-state index contributed by atoms with van der Waals surface area (Å²) < 4.78 is 5.49. The van der Waals surface area contributed by atoms with Crippen LogP contribution in [-0.2, 0) is 12.8 Å². The predicted molar refractivity (Wildman–Crippen MR) is 97.5 cm³/mol. The molecule has 26 heavy (non-hydrogen) atoms. The highest BCUT2D eigenvalue weighted by Crippen LogP contribution is 2.33. The van der Waals surface area contributed by atoms with Crippen LogP contribution in [0, 0.1) is 18.3 Å². The summed E-state index contributed by atoms with van der Waals surface area (Å²) in [6.45, 7) is 2.97. The summed E-state index contributed by atoms with van der Waals surface area (Å²) >= 11 is 0. The fourth-order valence-electron chi connectivity index (χ4n) is 3.78. The number of Topliss-reactive ketones (excluding diaryl/α,β-unsaturated/α-hetero) is 1. The summed E-state index contributed by atoms with van der Waals surface area (Å²) in [6, 6.07) is 11.7. The number of nitrogens with zero attached hydrogens (tertiary/aromatic N) is 1. The average molecular weight is 344 g/mol. The number of rotatable bonds is 3. The molecular formula is C21H16N2O3. The average Bonchev–Trinajstić information content (AvgIpc) is 3.17. The highest BCUT2D eigenvalue weighted by Gasteiger charge is 2.24. The van der Waals surface area contributed by atoms with E-state index in [1.807, 2.05) is 24.3 Å². The number of benzene rings is 2. The van der Waals surface area contributed by atoms with Gasteiger partial charge in [-0.05, 0) is 54.7 Å². The summed E-state index contributed by atoms with van der Waals surface area (Å²) in [7, 11) is 0. The van der Waals surface area contributed by atoms with Crippen LogP contribution in [0.3, 0.4) is 0 Å². The van der Waals surface area contributed by atoms with Crippen molar-refractivity contribution in [1.82, 2.24) is 0 Å². The third-order valence-electron chi connectivity index (χ3n) is 4.90. The zero-order chi connectivity index (χ0) is 18.4. The molecule has 1 aliphatic carbocycles. The van der Waals surface area contributed by atoms with Gasteiger partial charge in [-0.3, -0.25) is 14.9 Å². The maximum atomic E-state index is 12.9. The van der Waals surface area contributed by atoms with E-state index in [-0.39, 0.29) is 28.7 Å². The lowest BCUT2D eigenvalue weighted by molar-refractivity contribution is 0.101. The number of ketones is 1. The van der Waals surface area contributed by atoms with E-state index in [1.54, 1.807) is 13.0 Å². The SMILES string of the molecule is CC(=O)c1c(C)oc(NC(=O)c2ccc3c4c(cccc24)CC3)c1C#N. The Labute approximate surface area is 150 Å². The molecule has 0 saturated heterocycles. The fraction of sp³-hybridized carbons (Fsp3) is 0.190. The molecule has 0 radical (unpaired) electrons. The molecule has 0 aliphatic heterocycles. The van der Waals surface area contributed by atoms with Crippen molar-refractivity contribution in [1.29, 1.82) is 5.26 Å². The van der Waals surface area contributed by atoms with Crippen molar-refractivity contribution in [3.8, 4) is 6.07 Å². The molecule has 0 bridgehead atoms. The number of aryl methyl sites for hydroxylation is 3. The summed E-state index contributed by atoms with van der Waals surface area (Å²) in [6.07, 6.45) is 1.96. The quantitative estimate of drug-likeness (QED) is 0.723. The Morgan fingerprint density at radius 3 is 2.58 bits per heavy atom. The third-order valence-corrected chi connectivity index (χ3v) is 4.90. The highest BCUT2D eigenvalue weighted by atomic mass is 16.4. The summed E-state index contributed by atoms with van der Waals surface area (Å²) in [5, 5.41) is 14.1. The van der Waals surface area contributed by atoms with Crippen molar-refractivity contribution in [2.75, 3.05) is 5.32 Å². The Balaban J connectivity index is 1.78. The Morgan fingerprint density at radius 2 is 1.88 bits per heavy atom. The molecule has 3 aromatic rings. The lowest BCUT2D eigenvalue weighted by Crippen LogP contribution is -2.13. The van der Waals surface area contributed by atoms with Crippen LogP contribution in [0.4, 0.5) is 5.88 Å². The van der Waals surface area contributed by atoms with E-state index in [0.29, 0.717) is 11.3 Å². The Hall–Kier alpha value is -3.39. The number of carbonyl (C=O) groups is 2. The molecule has 2 aromatic carbocycles. The Kier molecular flexibility index (Phi) is 3.62. The first kappa shape index (κ1) is 16.1. The molecule has 0 saturated carbocycles. The van der Waals surface area contributed by atoms with E-state index in [9.17, 15) is 14.9 Å². The first-order chi connectivity index (χ1) is 12.5. The second-order valence-corrected chi connectivity index (χ2v) is 6.47. The van der Waals surface area contributed by atoms with Crippen LogP contribution >= 0.6 is 0 Å². The van der Waals surface area contributed by atoms with Gasteiger partial charge in [-0.1, -0.05) is 24.3 Å². The van der Waals surface area contributed by atoms with E-state index in [0.717, 1.165) is 23.6 Å². The second kappa shape index (κ2) is 5.85. The summed E-state index contributed by atoms with van der Waals surface area (Å²) in [5.41, 5.74) is 3.29. The van der Waals surface area contributed by atoms with Gasteiger partial charge in [0, 0.05) is 5.56 Å². The number of furan rings is 1. The molecule has 0 atom stereocenters. The lowest BCUT2D eigenvalue weighted by atomic mass is 9.99. The molecule has 5 heteroatoms. The zero-order valence-electron chi connectivity index (χ0n) is 14.5. The van der Waals surface area contributed by atoms with Gasteiger partial charge in [-0.15, -0.1) is 0 Å². The molecule has 1 amide bonds. The summed E-state index contributed by atoms with van der Waals surface area (Å²) in [5.74, 6) is -0.289. The predicted octanol–water partition coefficient (Wildman–Crippen LogP) is 4.17. The maximum Gasteiger partial charge on any atom is 0.258 e. The minimum Gasteiger partial charge on any atom is -0.443 e. The fourth-order valence-corrected chi connectivity index (χ4v) is 3.78. The number of anilines is 1. The maximum absolute atomic E-state index is 12.9. The molecule has 0 spiro atoms. The number of hydrogen-bond donors (Lipinski definition) is 1. The molecule has 1 heterocycles. The Morgan fingerprint density at radius 1 is 1.15 bits per heavy atom. The van der Waals surface area contributed by atoms with Crippen LogP contribution in [0.1, 0.15) is 50.1 Å². The molecule has 128 valence electrons. The van der Waals surface area contributed by atoms with Gasteiger partial charge in [-0.25, -0.2) is 0 Å². The van der Waals surface area contributed by atoms with Gasteiger partial charge in [0.05, 0.1) is 5.56 Å². The molecule has 0 fully saturated rings. The molecule has 1 aliphatic rings. The first-order valence-electron chi connectivity index (χ1n) is 8.40. The van der Waals surface area contributed by atoms with Gasteiger partial charge in [0.1, 0.15) is 17.4 Å². The minimum atomic E-state index is -0.360. The smallest absolute Gasteiger partial charge is 0.258 e. The normalized spacial score (nSPS) is 12.2. The Bertz CT molecular complexity index is 1120. The van der Waals surface area contributed by atoms with E-state index in [4.69, 9.17) is 4.42 Å². The third kappa shape index (κ3) is 2.31. The van der Waals surface area contributed by atoms with Gasteiger partial charge in [0.15, 0.2) is 5.78 Å². The van der Waals surface area contributed by atoms with Crippen molar-refractivity contribution >= 4 is 28.3 Å². The van der Waals surface area contributed by atoms with Crippen molar-refractivity contribution in [3.05, 3.63) is 63.9 Å². The lowest BCUT2D eigenvalue weighted by Gasteiger charge is -2.09. The highest BCUT2D eigenvalue weighted by molar-refractivity contribution is 6.14. The number of nitrogens with one attached hydrogen (secondary N) is 1. The van der Waals surface area contributed by atoms with Crippen LogP contribution in [-0.4, -0.2) is 11.7 Å².